The molecule has 1 aromatic heterocycles. The number of carbonyl (C=O) groups excluding carboxylic acids is 2. The van der Waals surface area contributed by atoms with Gasteiger partial charge in [0.2, 0.25) is 0 Å². The van der Waals surface area contributed by atoms with Crippen molar-refractivity contribution in [3.05, 3.63) is 47.7 Å². The quantitative estimate of drug-likeness (QED) is 0.540. The van der Waals surface area contributed by atoms with Crippen molar-refractivity contribution >= 4 is 22.7 Å². The predicted molar refractivity (Wildman–Crippen MR) is 105 cm³/mol. The SMILES string of the molecule is Cn1cc(C(O)CNC(=O)C(=O)NCCC2=CCCCC2)c2ccccc21. The third-order valence-electron chi connectivity index (χ3n) is 5.07. The number of allylic oxidation sites excluding steroid dienone is 1. The largest absolute Gasteiger partial charge is 0.386 e. The van der Waals surface area contributed by atoms with Crippen LogP contribution in [0.4, 0.5) is 0 Å². The Kier molecular flexibility index (Phi) is 6.29. The number of benzene rings is 1. The molecule has 0 saturated heterocycles. The highest BCUT2D eigenvalue weighted by Gasteiger charge is 2.18. The number of nitrogens with zero attached hydrogens (tertiary/aromatic N) is 1. The molecule has 144 valence electrons. The van der Waals surface area contributed by atoms with Crippen LogP contribution in [-0.4, -0.2) is 34.6 Å². The molecule has 1 aliphatic carbocycles. The lowest BCUT2D eigenvalue weighted by Crippen LogP contribution is -2.41. The summed E-state index contributed by atoms with van der Waals surface area (Å²) in [5, 5.41) is 16.5. The van der Waals surface area contributed by atoms with Crippen molar-refractivity contribution in [3.8, 4) is 0 Å². The topological polar surface area (TPSA) is 83.4 Å². The van der Waals surface area contributed by atoms with Crippen LogP contribution in [0.5, 0.6) is 0 Å². The second-order valence-corrected chi connectivity index (χ2v) is 7.05. The number of aryl methyl sites for hydroxylation is 1. The van der Waals surface area contributed by atoms with Crippen molar-refractivity contribution in [2.45, 2.75) is 38.2 Å². The minimum Gasteiger partial charge on any atom is -0.386 e. The molecule has 0 aliphatic heterocycles. The van der Waals surface area contributed by atoms with Gasteiger partial charge in [0.05, 0.1) is 6.10 Å². The number of carbonyl (C=O) groups is 2. The molecule has 6 nitrogen and oxygen atoms in total. The normalized spacial score (nSPS) is 15.3. The van der Waals surface area contributed by atoms with Gasteiger partial charge >= 0.3 is 11.8 Å². The Morgan fingerprint density at radius 2 is 1.96 bits per heavy atom. The van der Waals surface area contributed by atoms with Gasteiger partial charge in [-0.3, -0.25) is 9.59 Å². The Balaban J connectivity index is 1.47. The van der Waals surface area contributed by atoms with Gasteiger partial charge in [0.15, 0.2) is 0 Å². The molecule has 0 bridgehead atoms. The first-order chi connectivity index (χ1) is 13.1. The molecule has 2 aromatic rings. The maximum Gasteiger partial charge on any atom is 0.309 e. The van der Waals surface area contributed by atoms with Crippen LogP contribution < -0.4 is 10.6 Å². The van der Waals surface area contributed by atoms with Gasteiger partial charge in [-0.25, -0.2) is 0 Å². The lowest BCUT2D eigenvalue weighted by atomic mass is 9.97. The lowest BCUT2D eigenvalue weighted by Gasteiger charge is -2.13. The minimum absolute atomic E-state index is 0.00852. The van der Waals surface area contributed by atoms with E-state index in [2.05, 4.69) is 16.7 Å². The summed E-state index contributed by atoms with van der Waals surface area (Å²) in [5.41, 5.74) is 3.10. The fraction of sp³-hybridized carbons (Fsp3) is 0.429. The van der Waals surface area contributed by atoms with Crippen LogP contribution in [0.3, 0.4) is 0 Å². The number of amides is 2. The molecule has 1 unspecified atom stereocenters. The summed E-state index contributed by atoms with van der Waals surface area (Å²) in [7, 11) is 1.91. The van der Waals surface area contributed by atoms with Crippen molar-refractivity contribution in [2.75, 3.05) is 13.1 Å². The fourth-order valence-electron chi connectivity index (χ4n) is 3.57. The van der Waals surface area contributed by atoms with Gasteiger partial charge in [-0.2, -0.15) is 0 Å². The molecule has 1 aromatic carbocycles. The second kappa shape index (κ2) is 8.86. The Bertz CT molecular complexity index is 853. The van der Waals surface area contributed by atoms with Crippen molar-refractivity contribution in [2.24, 2.45) is 7.05 Å². The average molecular weight is 369 g/mol. The van der Waals surface area contributed by atoms with Crippen LogP contribution in [0, 0.1) is 0 Å². The van der Waals surface area contributed by atoms with Crippen LogP contribution in [0.2, 0.25) is 0 Å². The van der Waals surface area contributed by atoms with Gasteiger partial charge in [-0.1, -0.05) is 29.8 Å². The average Bonchev–Trinajstić information content (AvgIpc) is 3.03. The molecule has 0 spiro atoms. The van der Waals surface area contributed by atoms with Crippen LogP contribution in [0.25, 0.3) is 10.9 Å². The molecule has 27 heavy (non-hydrogen) atoms. The molecule has 1 aliphatic rings. The van der Waals surface area contributed by atoms with Gasteiger partial charge < -0.3 is 20.3 Å². The van der Waals surface area contributed by atoms with Crippen LogP contribution in [0.1, 0.15) is 43.8 Å². The van der Waals surface area contributed by atoms with Gasteiger partial charge in [0.25, 0.3) is 0 Å². The molecule has 2 amide bonds. The van der Waals surface area contributed by atoms with Gasteiger partial charge in [-0.15, -0.1) is 0 Å². The number of aliphatic hydroxyl groups is 1. The highest BCUT2D eigenvalue weighted by Crippen LogP contribution is 2.25. The smallest absolute Gasteiger partial charge is 0.309 e. The zero-order valence-corrected chi connectivity index (χ0v) is 15.7. The predicted octanol–water partition coefficient (Wildman–Crippen LogP) is 2.33. The molecule has 0 radical (unpaired) electrons. The maximum atomic E-state index is 12.0. The molecule has 1 atom stereocenters. The first-order valence-electron chi connectivity index (χ1n) is 9.52. The standard InChI is InChI=1S/C21H27N3O3/c1-24-14-17(16-9-5-6-10-18(16)24)19(25)13-23-21(27)20(26)22-12-11-15-7-3-2-4-8-15/h5-7,9-10,14,19,25H,2-4,8,11-13H2,1H3,(H,22,26)(H,23,27). The molecule has 1 heterocycles. The number of rotatable bonds is 6. The molecule has 6 heteroatoms. The molecular weight excluding hydrogens is 342 g/mol. The van der Waals surface area contributed by atoms with E-state index in [1.807, 2.05) is 42.1 Å². The first-order valence-corrected chi connectivity index (χ1v) is 9.52. The summed E-state index contributed by atoms with van der Waals surface area (Å²) in [6.45, 7) is 0.454. The number of para-hydroxylation sites is 1. The molecular formula is C21H27N3O3. The van der Waals surface area contributed by atoms with Crippen molar-refractivity contribution in [1.82, 2.24) is 15.2 Å². The summed E-state index contributed by atoms with van der Waals surface area (Å²) in [4.78, 5) is 23.9. The monoisotopic (exact) mass is 369 g/mol. The van der Waals surface area contributed by atoms with Crippen LogP contribution >= 0.6 is 0 Å². The van der Waals surface area contributed by atoms with E-state index in [4.69, 9.17) is 0 Å². The van der Waals surface area contributed by atoms with E-state index in [1.165, 1.54) is 18.4 Å². The number of aliphatic hydroxyl groups excluding tert-OH is 1. The van der Waals surface area contributed by atoms with Crippen LogP contribution in [0.15, 0.2) is 42.1 Å². The molecule has 0 fully saturated rings. The Hall–Kier alpha value is -2.60. The molecule has 0 saturated carbocycles. The lowest BCUT2D eigenvalue weighted by molar-refractivity contribution is -0.139. The van der Waals surface area contributed by atoms with Crippen molar-refractivity contribution < 1.29 is 14.7 Å². The number of aromatic nitrogens is 1. The zero-order valence-electron chi connectivity index (χ0n) is 15.7. The highest BCUT2D eigenvalue weighted by atomic mass is 16.3. The summed E-state index contributed by atoms with van der Waals surface area (Å²) in [5.74, 6) is -1.37. The van der Waals surface area contributed by atoms with E-state index in [0.717, 1.165) is 35.7 Å². The fourth-order valence-corrected chi connectivity index (χ4v) is 3.57. The van der Waals surface area contributed by atoms with Gasteiger partial charge in [0, 0.05) is 42.8 Å². The van der Waals surface area contributed by atoms with Crippen LogP contribution in [-0.2, 0) is 16.6 Å². The van der Waals surface area contributed by atoms with E-state index in [9.17, 15) is 14.7 Å². The number of nitrogens with one attached hydrogen (secondary N) is 2. The van der Waals surface area contributed by atoms with E-state index in [1.54, 1.807) is 0 Å². The number of fused-ring (bicyclic) bond motifs is 1. The second-order valence-electron chi connectivity index (χ2n) is 7.05. The summed E-state index contributed by atoms with van der Waals surface area (Å²) >= 11 is 0. The number of hydrogen-bond acceptors (Lipinski definition) is 3. The first kappa shape index (κ1) is 19.2. The summed E-state index contributed by atoms with van der Waals surface area (Å²) < 4.78 is 1.93. The van der Waals surface area contributed by atoms with Gasteiger partial charge in [-0.05, 0) is 38.2 Å². The zero-order chi connectivity index (χ0) is 19.2. The third-order valence-corrected chi connectivity index (χ3v) is 5.07. The molecule has 3 N–H and O–H groups in total. The maximum absolute atomic E-state index is 12.0. The van der Waals surface area contributed by atoms with E-state index >= 15 is 0 Å². The Morgan fingerprint density at radius 1 is 1.19 bits per heavy atom. The molecule has 3 rings (SSSR count). The van der Waals surface area contributed by atoms with E-state index < -0.39 is 17.9 Å². The highest BCUT2D eigenvalue weighted by molar-refractivity contribution is 6.35. The number of hydrogen-bond donors (Lipinski definition) is 3. The van der Waals surface area contributed by atoms with Gasteiger partial charge in [0.1, 0.15) is 0 Å². The van der Waals surface area contributed by atoms with Crippen molar-refractivity contribution in [3.63, 3.8) is 0 Å². The van der Waals surface area contributed by atoms with E-state index in [-0.39, 0.29) is 6.54 Å². The Morgan fingerprint density at radius 3 is 2.74 bits per heavy atom. The van der Waals surface area contributed by atoms with Crippen molar-refractivity contribution in [1.29, 1.82) is 0 Å². The van der Waals surface area contributed by atoms with E-state index in [0.29, 0.717) is 6.54 Å². The summed E-state index contributed by atoms with van der Waals surface area (Å²) in [6.07, 6.45) is 8.62. The third kappa shape index (κ3) is 4.77. The minimum atomic E-state index is -0.875. The Labute approximate surface area is 159 Å². The summed E-state index contributed by atoms with van der Waals surface area (Å²) in [6, 6.07) is 7.75.